The third-order valence-corrected chi connectivity index (χ3v) is 5.05. The number of alkyl carbamates (subject to hydrolysis) is 1. The van der Waals surface area contributed by atoms with Crippen LogP contribution in [0.3, 0.4) is 0 Å². The van der Waals surface area contributed by atoms with Crippen molar-refractivity contribution in [3.8, 4) is 0 Å². The minimum Gasteiger partial charge on any atom is -0.481 e. The Bertz CT molecular complexity index is 787. The highest BCUT2D eigenvalue weighted by Crippen LogP contribution is 2.30. The Morgan fingerprint density at radius 2 is 1.62 bits per heavy atom. The summed E-state index contributed by atoms with van der Waals surface area (Å²) in [6.45, 7) is 8.71. The smallest absolute Gasteiger partial charge is 0.408 e. The number of carbonyl (C=O) groups excluding carboxylic acids is 3. The molecular weight excluding hydrogens is 416 g/mol. The zero-order valence-corrected chi connectivity index (χ0v) is 19.5. The molecule has 0 aromatic heterocycles. The van der Waals surface area contributed by atoms with E-state index in [4.69, 9.17) is 9.47 Å². The molecule has 0 aliphatic carbocycles. The molecule has 0 saturated heterocycles. The van der Waals surface area contributed by atoms with Gasteiger partial charge in [0.1, 0.15) is 18.7 Å². The summed E-state index contributed by atoms with van der Waals surface area (Å²) >= 11 is 0. The van der Waals surface area contributed by atoms with E-state index in [1.54, 1.807) is 46.8 Å². The van der Waals surface area contributed by atoms with Crippen LogP contribution in [0.1, 0.15) is 46.6 Å². The van der Waals surface area contributed by atoms with Gasteiger partial charge < -0.3 is 25.2 Å². The lowest BCUT2D eigenvalue weighted by molar-refractivity contribution is -0.150. The molecule has 0 fully saturated rings. The molecule has 1 aromatic carbocycles. The maximum atomic E-state index is 12.9. The minimum atomic E-state index is -1.18. The highest BCUT2D eigenvalue weighted by molar-refractivity contribution is 5.90. The van der Waals surface area contributed by atoms with Gasteiger partial charge in [-0.15, -0.1) is 0 Å². The summed E-state index contributed by atoms with van der Waals surface area (Å²) in [6, 6.07) is 6.89. The summed E-state index contributed by atoms with van der Waals surface area (Å²) < 4.78 is 9.93. The molecule has 0 radical (unpaired) electrons. The summed E-state index contributed by atoms with van der Waals surface area (Å²) in [6.07, 6.45) is -0.934. The number of hydrogen-bond donors (Lipinski definition) is 3. The first-order valence-electron chi connectivity index (χ1n) is 10.4. The van der Waals surface area contributed by atoms with E-state index in [2.05, 4.69) is 10.6 Å². The second-order valence-electron chi connectivity index (χ2n) is 9.00. The maximum Gasteiger partial charge on any atom is 0.408 e. The van der Waals surface area contributed by atoms with Crippen LogP contribution in [0.2, 0.25) is 0 Å². The fourth-order valence-corrected chi connectivity index (χ4v) is 3.11. The van der Waals surface area contributed by atoms with Crippen LogP contribution in [-0.2, 0) is 30.5 Å². The molecule has 0 aliphatic rings. The number of esters is 1. The normalized spacial score (nSPS) is 14.1. The molecule has 0 aliphatic heterocycles. The molecule has 0 bridgehead atoms. The van der Waals surface area contributed by atoms with Gasteiger partial charge in [-0.05, 0) is 23.3 Å². The number of hydrogen-bond acceptors (Lipinski definition) is 6. The van der Waals surface area contributed by atoms with Crippen LogP contribution in [-0.4, -0.2) is 48.2 Å². The molecule has 3 atom stereocenters. The molecule has 178 valence electrons. The topological polar surface area (TPSA) is 131 Å². The predicted molar refractivity (Wildman–Crippen MR) is 118 cm³/mol. The zero-order valence-electron chi connectivity index (χ0n) is 19.5. The van der Waals surface area contributed by atoms with E-state index in [9.17, 15) is 24.3 Å². The number of aliphatic carboxylic acids is 1. The second kappa shape index (κ2) is 12.1. The number of methoxy groups -OCH3 is 1. The predicted octanol–water partition coefficient (Wildman–Crippen LogP) is 2.73. The van der Waals surface area contributed by atoms with Crippen molar-refractivity contribution in [2.24, 2.45) is 17.3 Å². The second-order valence-corrected chi connectivity index (χ2v) is 9.00. The Balaban J connectivity index is 2.87. The van der Waals surface area contributed by atoms with Gasteiger partial charge in [-0.2, -0.15) is 0 Å². The van der Waals surface area contributed by atoms with Crippen LogP contribution in [0, 0.1) is 17.3 Å². The summed E-state index contributed by atoms with van der Waals surface area (Å²) in [5.41, 5.74) is 0.139. The van der Waals surface area contributed by atoms with Crippen molar-refractivity contribution in [3.05, 3.63) is 35.9 Å². The van der Waals surface area contributed by atoms with Crippen molar-refractivity contribution in [1.82, 2.24) is 10.6 Å². The third kappa shape index (κ3) is 8.56. The number of ether oxygens (including phenoxy) is 2. The Kier molecular flexibility index (Phi) is 10.2. The van der Waals surface area contributed by atoms with Crippen molar-refractivity contribution >= 4 is 23.9 Å². The average molecular weight is 451 g/mol. The molecule has 0 saturated carbocycles. The van der Waals surface area contributed by atoms with E-state index in [1.807, 2.05) is 18.2 Å². The fraction of sp³-hybridized carbons (Fsp3) is 0.565. The van der Waals surface area contributed by atoms with Crippen LogP contribution < -0.4 is 10.6 Å². The van der Waals surface area contributed by atoms with Crippen molar-refractivity contribution in [3.63, 3.8) is 0 Å². The molecule has 32 heavy (non-hydrogen) atoms. The lowest BCUT2D eigenvalue weighted by Crippen LogP contribution is -2.54. The largest absolute Gasteiger partial charge is 0.481 e. The quantitative estimate of drug-likeness (QED) is 0.467. The van der Waals surface area contributed by atoms with Gasteiger partial charge in [0.25, 0.3) is 0 Å². The number of carbonyl (C=O) groups is 4. The number of carboxylic acid groups (broad SMARTS) is 1. The SMILES string of the molecule is COC(=O)[C@H](CC(C(=O)O)C(C)(C)C)NC(=O)[C@@H](NC(=O)OCc1ccccc1)C(C)C. The number of amides is 2. The van der Waals surface area contributed by atoms with Crippen LogP contribution >= 0.6 is 0 Å². The molecule has 2 amide bonds. The first-order chi connectivity index (χ1) is 14.9. The Labute approximate surface area is 188 Å². The van der Waals surface area contributed by atoms with Gasteiger partial charge in [-0.1, -0.05) is 65.0 Å². The number of carboxylic acids is 1. The molecule has 0 heterocycles. The summed E-state index contributed by atoms with van der Waals surface area (Å²) in [5, 5.41) is 14.6. The monoisotopic (exact) mass is 450 g/mol. The molecule has 1 unspecified atom stereocenters. The molecule has 1 aromatic rings. The summed E-state index contributed by atoms with van der Waals surface area (Å²) in [4.78, 5) is 49.1. The Morgan fingerprint density at radius 3 is 2.09 bits per heavy atom. The van der Waals surface area contributed by atoms with Gasteiger partial charge in [0.05, 0.1) is 13.0 Å². The van der Waals surface area contributed by atoms with E-state index < -0.39 is 47.4 Å². The van der Waals surface area contributed by atoms with Gasteiger partial charge in [-0.3, -0.25) is 9.59 Å². The Hall–Kier alpha value is -3.10. The van der Waals surface area contributed by atoms with Crippen molar-refractivity contribution in [2.75, 3.05) is 7.11 Å². The van der Waals surface area contributed by atoms with Gasteiger partial charge in [0.15, 0.2) is 0 Å². The summed E-state index contributed by atoms with van der Waals surface area (Å²) in [5.74, 6) is -3.71. The minimum absolute atomic E-state index is 0.0375. The fourth-order valence-electron chi connectivity index (χ4n) is 3.11. The Morgan fingerprint density at radius 1 is 1.03 bits per heavy atom. The maximum absolute atomic E-state index is 12.9. The molecule has 1 rings (SSSR count). The van der Waals surface area contributed by atoms with Gasteiger partial charge in [-0.25, -0.2) is 9.59 Å². The van der Waals surface area contributed by atoms with E-state index in [1.165, 1.54) is 0 Å². The van der Waals surface area contributed by atoms with Gasteiger partial charge >= 0.3 is 18.0 Å². The molecular formula is C23H34N2O7. The van der Waals surface area contributed by atoms with E-state index >= 15 is 0 Å². The average Bonchev–Trinajstić information content (AvgIpc) is 2.71. The molecule has 9 nitrogen and oxygen atoms in total. The van der Waals surface area contributed by atoms with E-state index in [0.29, 0.717) is 0 Å². The lowest BCUT2D eigenvalue weighted by atomic mass is 9.77. The molecule has 9 heteroatoms. The summed E-state index contributed by atoms with van der Waals surface area (Å²) in [7, 11) is 1.16. The van der Waals surface area contributed by atoms with Crippen LogP contribution in [0.15, 0.2) is 30.3 Å². The third-order valence-electron chi connectivity index (χ3n) is 5.05. The first-order valence-corrected chi connectivity index (χ1v) is 10.4. The molecule has 3 N–H and O–H groups in total. The van der Waals surface area contributed by atoms with Crippen molar-refractivity contribution in [1.29, 1.82) is 0 Å². The van der Waals surface area contributed by atoms with Gasteiger partial charge in [0.2, 0.25) is 5.91 Å². The van der Waals surface area contributed by atoms with Gasteiger partial charge in [0, 0.05) is 0 Å². The first kappa shape index (κ1) is 26.9. The zero-order chi connectivity index (χ0) is 24.5. The van der Waals surface area contributed by atoms with Crippen molar-refractivity contribution < 1.29 is 33.8 Å². The van der Waals surface area contributed by atoms with Crippen LogP contribution in [0.4, 0.5) is 4.79 Å². The number of benzene rings is 1. The number of rotatable bonds is 10. The van der Waals surface area contributed by atoms with Crippen LogP contribution in [0.5, 0.6) is 0 Å². The van der Waals surface area contributed by atoms with Crippen LogP contribution in [0.25, 0.3) is 0 Å². The standard InChI is InChI=1S/C23H34N2O7/c1-14(2)18(25-22(30)32-13-15-10-8-7-9-11-15)19(26)24-17(21(29)31-6)12-16(20(27)28)23(3,4)5/h7-11,14,16-18H,12-13H2,1-6H3,(H,24,26)(H,25,30)(H,27,28)/t16?,17-,18-/m0/s1. The molecule has 0 spiro atoms. The van der Waals surface area contributed by atoms with Crippen molar-refractivity contribution in [2.45, 2.75) is 59.7 Å². The lowest BCUT2D eigenvalue weighted by Gasteiger charge is -2.31. The highest BCUT2D eigenvalue weighted by atomic mass is 16.5. The number of nitrogens with one attached hydrogen (secondary N) is 2. The highest BCUT2D eigenvalue weighted by Gasteiger charge is 2.38. The van der Waals surface area contributed by atoms with E-state index in [0.717, 1.165) is 12.7 Å². The van der Waals surface area contributed by atoms with E-state index in [-0.39, 0.29) is 18.9 Å².